The van der Waals surface area contributed by atoms with E-state index in [1.807, 2.05) is 0 Å². The van der Waals surface area contributed by atoms with E-state index in [-0.39, 0.29) is 18.4 Å². The Balaban J connectivity index is 2.54. The molecule has 94 valence electrons. The van der Waals surface area contributed by atoms with Crippen LogP contribution in [0.1, 0.15) is 19.8 Å². The lowest BCUT2D eigenvalue weighted by atomic mass is 9.98. The maximum absolute atomic E-state index is 12.2. The molecule has 1 aliphatic heterocycles. The van der Waals surface area contributed by atoms with Crippen LogP contribution in [-0.2, 0) is 4.79 Å². The standard InChI is InChI=1S/C10H17F3N2O/c1-2-15(7-10(11,12)13)9(16)8-4-3-5-14-6-8/h8,14H,2-7H2,1H3. The van der Waals surface area contributed by atoms with Crippen molar-refractivity contribution in [3.8, 4) is 0 Å². The van der Waals surface area contributed by atoms with Crippen molar-refractivity contribution in [2.75, 3.05) is 26.2 Å². The molecule has 1 aliphatic rings. The Morgan fingerprint density at radius 2 is 2.19 bits per heavy atom. The summed E-state index contributed by atoms with van der Waals surface area (Å²) >= 11 is 0. The van der Waals surface area contributed by atoms with Crippen LogP contribution < -0.4 is 5.32 Å². The van der Waals surface area contributed by atoms with Crippen molar-refractivity contribution in [3.05, 3.63) is 0 Å². The summed E-state index contributed by atoms with van der Waals surface area (Å²) in [7, 11) is 0. The number of carbonyl (C=O) groups excluding carboxylic acids is 1. The van der Waals surface area contributed by atoms with Crippen LogP contribution in [0.5, 0.6) is 0 Å². The zero-order valence-electron chi connectivity index (χ0n) is 9.31. The van der Waals surface area contributed by atoms with Gasteiger partial charge in [0.25, 0.3) is 0 Å². The van der Waals surface area contributed by atoms with E-state index in [9.17, 15) is 18.0 Å². The molecule has 1 atom stereocenters. The maximum Gasteiger partial charge on any atom is 0.406 e. The van der Waals surface area contributed by atoms with Gasteiger partial charge in [0.05, 0.1) is 5.92 Å². The molecule has 1 unspecified atom stereocenters. The molecule has 1 rings (SSSR count). The molecule has 0 radical (unpaired) electrons. The van der Waals surface area contributed by atoms with E-state index in [0.29, 0.717) is 13.0 Å². The molecule has 1 saturated heterocycles. The Bertz CT molecular complexity index is 237. The quantitative estimate of drug-likeness (QED) is 0.806. The third-order valence-electron chi connectivity index (χ3n) is 2.71. The smallest absolute Gasteiger partial charge is 0.334 e. The molecule has 0 aliphatic carbocycles. The second-order valence-corrected chi connectivity index (χ2v) is 4.01. The van der Waals surface area contributed by atoms with E-state index < -0.39 is 12.7 Å². The zero-order valence-corrected chi connectivity index (χ0v) is 9.31. The lowest BCUT2D eigenvalue weighted by Gasteiger charge is -2.29. The highest BCUT2D eigenvalue weighted by atomic mass is 19.4. The minimum Gasteiger partial charge on any atom is -0.334 e. The van der Waals surface area contributed by atoms with Crippen molar-refractivity contribution in [1.29, 1.82) is 0 Å². The van der Waals surface area contributed by atoms with Crippen LogP contribution in [0.4, 0.5) is 13.2 Å². The minimum absolute atomic E-state index is 0.106. The third-order valence-corrected chi connectivity index (χ3v) is 2.71. The van der Waals surface area contributed by atoms with Gasteiger partial charge in [-0.05, 0) is 26.3 Å². The largest absolute Gasteiger partial charge is 0.406 e. The number of carbonyl (C=O) groups is 1. The first-order valence-corrected chi connectivity index (χ1v) is 5.50. The third kappa shape index (κ3) is 4.00. The fraction of sp³-hybridized carbons (Fsp3) is 0.900. The molecule has 0 aromatic rings. The Hall–Kier alpha value is -0.780. The average Bonchev–Trinajstić information content (AvgIpc) is 2.25. The van der Waals surface area contributed by atoms with Crippen molar-refractivity contribution in [1.82, 2.24) is 10.2 Å². The van der Waals surface area contributed by atoms with E-state index in [1.54, 1.807) is 6.92 Å². The molecule has 1 N–H and O–H groups in total. The summed E-state index contributed by atoms with van der Waals surface area (Å²) < 4.78 is 36.6. The summed E-state index contributed by atoms with van der Waals surface area (Å²) in [5.74, 6) is -0.678. The van der Waals surface area contributed by atoms with Crippen LogP contribution in [0, 0.1) is 5.92 Å². The summed E-state index contributed by atoms with van der Waals surface area (Å²) in [4.78, 5) is 12.7. The molecule has 16 heavy (non-hydrogen) atoms. The lowest BCUT2D eigenvalue weighted by Crippen LogP contribution is -2.46. The molecular formula is C10H17F3N2O. The molecular weight excluding hydrogens is 221 g/mol. The zero-order chi connectivity index (χ0) is 12.2. The number of nitrogens with zero attached hydrogens (tertiary/aromatic N) is 1. The molecule has 1 heterocycles. The lowest BCUT2D eigenvalue weighted by molar-refractivity contribution is -0.163. The summed E-state index contributed by atoms with van der Waals surface area (Å²) in [6.45, 7) is 1.87. The van der Waals surface area contributed by atoms with Gasteiger partial charge in [-0.25, -0.2) is 0 Å². The van der Waals surface area contributed by atoms with Crippen molar-refractivity contribution < 1.29 is 18.0 Å². The Labute approximate surface area is 93.0 Å². The molecule has 0 aromatic heterocycles. The molecule has 0 spiro atoms. The maximum atomic E-state index is 12.2. The molecule has 3 nitrogen and oxygen atoms in total. The number of hydrogen-bond acceptors (Lipinski definition) is 2. The summed E-state index contributed by atoms with van der Waals surface area (Å²) in [6, 6.07) is 0. The van der Waals surface area contributed by atoms with Crippen LogP contribution in [0.25, 0.3) is 0 Å². The van der Waals surface area contributed by atoms with Gasteiger partial charge in [0.1, 0.15) is 6.54 Å². The van der Waals surface area contributed by atoms with Gasteiger partial charge in [-0.3, -0.25) is 4.79 Å². The first-order chi connectivity index (χ1) is 7.44. The van der Waals surface area contributed by atoms with Crippen molar-refractivity contribution in [2.24, 2.45) is 5.92 Å². The first kappa shape index (κ1) is 13.3. The van der Waals surface area contributed by atoms with Crippen LogP contribution in [0.15, 0.2) is 0 Å². The average molecular weight is 238 g/mol. The number of alkyl halides is 3. The molecule has 1 fully saturated rings. The van der Waals surface area contributed by atoms with Crippen LogP contribution in [0.3, 0.4) is 0 Å². The van der Waals surface area contributed by atoms with E-state index in [1.165, 1.54) is 0 Å². The normalized spacial score (nSPS) is 21.9. The van der Waals surface area contributed by atoms with Gasteiger partial charge >= 0.3 is 6.18 Å². The number of hydrogen-bond donors (Lipinski definition) is 1. The first-order valence-electron chi connectivity index (χ1n) is 5.50. The number of nitrogens with one attached hydrogen (secondary N) is 1. The molecule has 0 aromatic carbocycles. The summed E-state index contributed by atoms with van der Waals surface area (Å²) in [6.07, 6.45) is -2.78. The molecule has 0 bridgehead atoms. The van der Waals surface area contributed by atoms with Gasteiger partial charge in [-0.15, -0.1) is 0 Å². The number of piperidine rings is 1. The van der Waals surface area contributed by atoms with E-state index in [2.05, 4.69) is 5.32 Å². The predicted molar refractivity (Wildman–Crippen MR) is 53.9 cm³/mol. The topological polar surface area (TPSA) is 32.3 Å². The Morgan fingerprint density at radius 3 is 2.62 bits per heavy atom. The molecule has 6 heteroatoms. The van der Waals surface area contributed by atoms with Crippen LogP contribution in [-0.4, -0.2) is 43.2 Å². The van der Waals surface area contributed by atoms with Gasteiger partial charge in [0, 0.05) is 13.1 Å². The second-order valence-electron chi connectivity index (χ2n) is 4.01. The number of halogens is 3. The minimum atomic E-state index is -4.31. The molecule has 0 saturated carbocycles. The van der Waals surface area contributed by atoms with Crippen molar-refractivity contribution in [2.45, 2.75) is 25.9 Å². The predicted octanol–water partition coefficient (Wildman–Crippen LogP) is 1.40. The Morgan fingerprint density at radius 1 is 1.50 bits per heavy atom. The monoisotopic (exact) mass is 238 g/mol. The highest BCUT2D eigenvalue weighted by Crippen LogP contribution is 2.19. The highest BCUT2D eigenvalue weighted by Gasteiger charge is 2.34. The fourth-order valence-electron chi connectivity index (χ4n) is 1.88. The van der Waals surface area contributed by atoms with Crippen LogP contribution in [0.2, 0.25) is 0 Å². The second kappa shape index (κ2) is 5.52. The van der Waals surface area contributed by atoms with Gasteiger partial charge in [0.2, 0.25) is 5.91 Å². The van der Waals surface area contributed by atoms with Crippen molar-refractivity contribution in [3.63, 3.8) is 0 Å². The number of amides is 1. The summed E-state index contributed by atoms with van der Waals surface area (Å²) in [5.41, 5.74) is 0. The van der Waals surface area contributed by atoms with Gasteiger partial charge in [-0.2, -0.15) is 13.2 Å². The number of rotatable bonds is 3. The van der Waals surface area contributed by atoms with E-state index in [4.69, 9.17) is 0 Å². The van der Waals surface area contributed by atoms with E-state index in [0.717, 1.165) is 17.9 Å². The van der Waals surface area contributed by atoms with Crippen LogP contribution >= 0.6 is 0 Å². The van der Waals surface area contributed by atoms with Gasteiger partial charge in [-0.1, -0.05) is 0 Å². The van der Waals surface area contributed by atoms with Crippen molar-refractivity contribution >= 4 is 5.91 Å². The molecule has 1 amide bonds. The highest BCUT2D eigenvalue weighted by molar-refractivity contribution is 5.79. The van der Waals surface area contributed by atoms with Gasteiger partial charge in [0.15, 0.2) is 0 Å². The fourth-order valence-corrected chi connectivity index (χ4v) is 1.88. The van der Waals surface area contributed by atoms with Gasteiger partial charge < -0.3 is 10.2 Å². The Kier molecular flexibility index (Phi) is 4.58. The summed E-state index contributed by atoms with van der Waals surface area (Å²) in [5, 5.41) is 3.03. The SMILES string of the molecule is CCN(CC(F)(F)F)C(=O)C1CCCNC1. The van der Waals surface area contributed by atoms with E-state index >= 15 is 0 Å².